The molecule has 0 saturated heterocycles. The second kappa shape index (κ2) is 14.0. The minimum atomic E-state index is -0.383. The van der Waals surface area contributed by atoms with Gasteiger partial charge in [-0.05, 0) is 60.2 Å². The highest BCUT2D eigenvalue weighted by molar-refractivity contribution is 5.89. The molecule has 4 aromatic carbocycles. The van der Waals surface area contributed by atoms with Gasteiger partial charge in [0.2, 0.25) is 11.8 Å². The van der Waals surface area contributed by atoms with E-state index in [2.05, 4.69) is 11.1 Å². The molecule has 220 valence electrons. The van der Waals surface area contributed by atoms with E-state index >= 15 is 0 Å². The van der Waals surface area contributed by atoms with Crippen LogP contribution in [-0.4, -0.2) is 39.7 Å². The molecule has 1 atom stereocenters. The van der Waals surface area contributed by atoms with Crippen molar-refractivity contribution in [1.82, 2.24) is 14.8 Å². The highest BCUT2D eigenvalue weighted by Gasteiger charge is 2.28. The van der Waals surface area contributed by atoms with Crippen LogP contribution in [0.15, 0.2) is 109 Å². The van der Waals surface area contributed by atoms with Crippen LogP contribution < -0.4 is 0 Å². The topological polar surface area (TPSA) is 56.4 Å². The van der Waals surface area contributed by atoms with E-state index in [4.69, 9.17) is 0 Å². The van der Waals surface area contributed by atoms with Gasteiger partial charge in [0.05, 0.1) is 5.92 Å². The molecule has 6 heteroatoms. The Balaban J connectivity index is 1.41. The molecule has 0 saturated carbocycles. The summed E-state index contributed by atoms with van der Waals surface area (Å²) in [7, 11) is 0. The number of nitrogens with one attached hydrogen (secondary N) is 1. The minimum Gasteiger partial charge on any atom is -0.361 e. The molecule has 1 heterocycles. The summed E-state index contributed by atoms with van der Waals surface area (Å²) in [4.78, 5) is 35.0. The Bertz CT molecular complexity index is 1650. The molecule has 0 aliphatic heterocycles. The number of amides is 2. The van der Waals surface area contributed by atoms with Gasteiger partial charge < -0.3 is 14.8 Å². The van der Waals surface area contributed by atoms with Gasteiger partial charge in [-0.3, -0.25) is 9.59 Å². The molecule has 1 N–H and O–H groups in total. The highest BCUT2D eigenvalue weighted by Crippen LogP contribution is 2.24. The summed E-state index contributed by atoms with van der Waals surface area (Å²) in [6, 6.07) is 32.1. The number of halogens is 1. The Hall–Kier alpha value is -4.71. The van der Waals surface area contributed by atoms with Crippen molar-refractivity contribution in [1.29, 1.82) is 0 Å². The van der Waals surface area contributed by atoms with Crippen molar-refractivity contribution in [2.24, 2.45) is 0 Å². The zero-order valence-electron chi connectivity index (χ0n) is 24.8. The fourth-order valence-electron chi connectivity index (χ4n) is 5.54. The minimum absolute atomic E-state index is 0.0701. The maximum absolute atomic E-state index is 14.1. The van der Waals surface area contributed by atoms with Crippen LogP contribution in [0.4, 0.5) is 4.39 Å². The average Bonchev–Trinajstić information content (AvgIpc) is 3.44. The van der Waals surface area contributed by atoms with Crippen molar-refractivity contribution < 1.29 is 14.0 Å². The molecule has 5 nitrogen and oxygen atoms in total. The van der Waals surface area contributed by atoms with Gasteiger partial charge in [0.15, 0.2) is 0 Å². The van der Waals surface area contributed by atoms with Crippen molar-refractivity contribution in [3.8, 4) is 0 Å². The van der Waals surface area contributed by atoms with E-state index in [0.717, 1.165) is 38.7 Å². The molecule has 43 heavy (non-hydrogen) atoms. The van der Waals surface area contributed by atoms with Gasteiger partial charge in [-0.2, -0.15) is 0 Å². The lowest BCUT2D eigenvalue weighted by Gasteiger charge is -2.30. The summed E-state index contributed by atoms with van der Waals surface area (Å²) < 4.78 is 13.7. The maximum atomic E-state index is 14.1. The zero-order valence-corrected chi connectivity index (χ0v) is 24.8. The Labute approximate surface area is 253 Å². The number of aryl methyl sites for hydroxylation is 1. The summed E-state index contributed by atoms with van der Waals surface area (Å²) >= 11 is 0. The number of carbonyl (C=O) groups is 2. The second-order valence-corrected chi connectivity index (χ2v) is 11.1. The lowest BCUT2D eigenvalue weighted by Crippen LogP contribution is -2.44. The van der Waals surface area contributed by atoms with E-state index in [9.17, 15) is 14.0 Å². The van der Waals surface area contributed by atoms with Crippen LogP contribution in [0.1, 0.15) is 47.1 Å². The predicted molar refractivity (Wildman–Crippen MR) is 170 cm³/mol. The highest BCUT2D eigenvalue weighted by atomic mass is 19.1. The van der Waals surface area contributed by atoms with Crippen LogP contribution in [0.5, 0.6) is 0 Å². The van der Waals surface area contributed by atoms with Gasteiger partial charge in [-0.15, -0.1) is 0 Å². The van der Waals surface area contributed by atoms with Crippen molar-refractivity contribution >= 4 is 22.7 Å². The van der Waals surface area contributed by atoms with E-state index in [1.807, 2.05) is 97.7 Å². The summed E-state index contributed by atoms with van der Waals surface area (Å²) in [6.45, 7) is 5.12. The summed E-state index contributed by atoms with van der Waals surface area (Å²) in [5.74, 6) is -0.960. The van der Waals surface area contributed by atoms with Gasteiger partial charge in [0.1, 0.15) is 12.4 Å². The molecule has 5 rings (SSSR count). The molecule has 0 aliphatic carbocycles. The molecule has 0 spiro atoms. The quantitative estimate of drug-likeness (QED) is 0.168. The average molecular weight is 576 g/mol. The van der Waals surface area contributed by atoms with Gasteiger partial charge in [-0.25, -0.2) is 4.39 Å². The van der Waals surface area contributed by atoms with Crippen LogP contribution in [0.2, 0.25) is 0 Å². The summed E-state index contributed by atoms with van der Waals surface area (Å²) in [6.07, 6.45) is 3.29. The standard InChI is InChI=1S/C37H38FN3O2/c1-3-33(30-9-5-4-6-10-30)37(43)41(25-29-17-19-32(38)20-18-29)26-36(42)40(24-28-15-13-27(2)14-16-28)22-21-31-23-39-35-12-8-7-11-34(31)35/h4-20,23,33,39H,3,21-22,24-26H2,1-2H3. The summed E-state index contributed by atoms with van der Waals surface area (Å²) in [5, 5.41) is 1.15. The number of aromatic amines is 1. The number of benzene rings is 4. The number of rotatable bonds is 12. The third-order valence-electron chi connectivity index (χ3n) is 8.01. The number of para-hydroxylation sites is 1. The molecule has 5 aromatic rings. The summed E-state index contributed by atoms with van der Waals surface area (Å²) in [5.41, 5.74) is 6.09. The predicted octanol–water partition coefficient (Wildman–Crippen LogP) is 7.41. The van der Waals surface area contributed by atoms with Crippen molar-refractivity contribution in [2.45, 2.75) is 45.7 Å². The van der Waals surface area contributed by atoms with Gasteiger partial charge >= 0.3 is 0 Å². The van der Waals surface area contributed by atoms with Crippen molar-refractivity contribution in [3.05, 3.63) is 143 Å². The Kier molecular flexibility index (Phi) is 9.67. The smallest absolute Gasteiger partial charge is 0.242 e. The number of nitrogens with zero attached hydrogens (tertiary/aromatic N) is 2. The fourth-order valence-corrected chi connectivity index (χ4v) is 5.54. The van der Waals surface area contributed by atoms with Crippen LogP contribution in [0.3, 0.4) is 0 Å². The van der Waals surface area contributed by atoms with Gasteiger partial charge in [0.25, 0.3) is 0 Å². The number of H-pyrrole nitrogens is 1. The molecule has 1 unspecified atom stereocenters. The first kappa shape index (κ1) is 29.8. The number of hydrogen-bond donors (Lipinski definition) is 1. The molecular formula is C37H38FN3O2. The lowest BCUT2D eigenvalue weighted by molar-refractivity contribution is -0.142. The van der Waals surface area contributed by atoms with E-state index < -0.39 is 0 Å². The maximum Gasteiger partial charge on any atom is 0.242 e. The Morgan fingerprint density at radius 2 is 1.42 bits per heavy atom. The normalized spacial score (nSPS) is 11.8. The molecule has 0 fully saturated rings. The van der Waals surface area contributed by atoms with Gasteiger partial charge in [0, 0.05) is 36.7 Å². The van der Waals surface area contributed by atoms with Crippen LogP contribution in [0, 0.1) is 12.7 Å². The number of carbonyl (C=O) groups excluding carboxylic acids is 2. The lowest BCUT2D eigenvalue weighted by atomic mass is 9.94. The van der Waals surface area contributed by atoms with E-state index in [1.54, 1.807) is 17.0 Å². The van der Waals surface area contributed by atoms with Crippen molar-refractivity contribution in [3.63, 3.8) is 0 Å². The first-order valence-corrected chi connectivity index (χ1v) is 14.9. The van der Waals surface area contributed by atoms with Crippen LogP contribution >= 0.6 is 0 Å². The number of hydrogen-bond acceptors (Lipinski definition) is 2. The molecule has 0 radical (unpaired) electrons. The molecule has 0 bridgehead atoms. The Morgan fingerprint density at radius 3 is 2.12 bits per heavy atom. The molecule has 1 aromatic heterocycles. The first-order valence-electron chi connectivity index (χ1n) is 14.9. The molecule has 2 amide bonds. The van der Waals surface area contributed by atoms with E-state index in [1.165, 1.54) is 12.1 Å². The first-order chi connectivity index (χ1) is 20.9. The Morgan fingerprint density at radius 1 is 0.791 bits per heavy atom. The van der Waals surface area contributed by atoms with E-state index in [0.29, 0.717) is 25.9 Å². The molecular weight excluding hydrogens is 537 g/mol. The SMILES string of the molecule is CCC(C(=O)N(CC(=O)N(CCc1c[nH]c2ccccc12)Cc1ccc(C)cc1)Cc1ccc(F)cc1)c1ccccc1. The van der Waals surface area contributed by atoms with E-state index in [-0.39, 0.29) is 36.6 Å². The van der Waals surface area contributed by atoms with Gasteiger partial charge in [-0.1, -0.05) is 97.4 Å². The largest absolute Gasteiger partial charge is 0.361 e. The zero-order chi connectivity index (χ0) is 30.2. The third kappa shape index (κ3) is 7.58. The monoisotopic (exact) mass is 575 g/mol. The second-order valence-electron chi connectivity index (χ2n) is 11.1. The molecule has 0 aliphatic rings. The fraction of sp³-hybridized carbons (Fsp3) is 0.243. The number of aromatic nitrogens is 1. The van der Waals surface area contributed by atoms with Crippen LogP contribution in [0.25, 0.3) is 10.9 Å². The van der Waals surface area contributed by atoms with Crippen LogP contribution in [-0.2, 0) is 29.1 Å². The van der Waals surface area contributed by atoms with Crippen molar-refractivity contribution in [2.75, 3.05) is 13.1 Å². The third-order valence-corrected chi connectivity index (χ3v) is 8.01. The number of fused-ring (bicyclic) bond motifs is 1.